The van der Waals surface area contributed by atoms with Gasteiger partial charge in [-0.3, -0.25) is 0 Å². The summed E-state index contributed by atoms with van der Waals surface area (Å²) in [5.41, 5.74) is 6.40. The van der Waals surface area contributed by atoms with Crippen LogP contribution in [0.15, 0.2) is 18.2 Å². The summed E-state index contributed by atoms with van der Waals surface area (Å²) < 4.78 is 19.0. The molecule has 1 aromatic carbocycles. The maximum Gasteiger partial charge on any atom is 0.146 e. The smallest absolute Gasteiger partial charge is 0.146 e. The highest BCUT2D eigenvalue weighted by Crippen LogP contribution is 2.29. The standard InChI is InChI=1S/C16H25FN2O/c1-20-13-8-9-14(17)15(10-13)19-16(11-18)12-6-4-2-3-5-7-12/h8-10,12,16,19H,2-7,11,18H2,1H3. The number of hydrogen-bond acceptors (Lipinski definition) is 3. The lowest BCUT2D eigenvalue weighted by atomic mass is 9.91. The first-order valence-corrected chi connectivity index (χ1v) is 7.54. The van der Waals surface area contributed by atoms with E-state index in [-0.39, 0.29) is 11.9 Å². The van der Waals surface area contributed by atoms with Gasteiger partial charge >= 0.3 is 0 Å². The summed E-state index contributed by atoms with van der Waals surface area (Å²) >= 11 is 0. The number of methoxy groups -OCH3 is 1. The second kappa shape index (κ2) is 7.48. The van der Waals surface area contributed by atoms with Gasteiger partial charge in [-0.15, -0.1) is 0 Å². The molecule has 1 aliphatic carbocycles. The summed E-state index contributed by atoms with van der Waals surface area (Å²) in [5.74, 6) is 0.941. The third kappa shape index (κ3) is 3.85. The Kier molecular flexibility index (Phi) is 5.65. The summed E-state index contributed by atoms with van der Waals surface area (Å²) in [5, 5.41) is 3.29. The van der Waals surface area contributed by atoms with Crippen molar-refractivity contribution in [3.05, 3.63) is 24.0 Å². The quantitative estimate of drug-likeness (QED) is 0.811. The summed E-state index contributed by atoms with van der Waals surface area (Å²) in [6.07, 6.45) is 7.48. The molecule has 3 nitrogen and oxygen atoms in total. The zero-order valence-electron chi connectivity index (χ0n) is 12.2. The van der Waals surface area contributed by atoms with Crippen LogP contribution in [0.5, 0.6) is 5.75 Å². The van der Waals surface area contributed by atoms with Crippen molar-refractivity contribution in [2.75, 3.05) is 19.0 Å². The van der Waals surface area contributed by atoms with E-state index in [2.05, 4.69) is 5.32 Å². The van der Waals surface area contributed by atoms with Gasteiger partial charge < -0.3 is 15.8 Å². The van der Waals surface area contributed by atoms with Gasteiger partial charge in [-0.1, -0.05) is 25.7 Å². The Balaban J connectivity index is 2.08. The van der Waals surface area contributed by atoms with Crippen molar-refractivity contribution >= 4 is 5.69 Å². The Hall–Kier alpha value is -1.29. The van der Waals surface area contributed by atoms with Gasteiger partial charge in [0.15, 0.2) is 0 Å². The van der Waals surface area contributed by atoms with E-state index in [1.54, 1.807) is 19.2 Å². The van der Waals surface area contributed by atoms with Crippen molar-refractivity contribution in [2.24, 2.45) is 11.7 Å². The fourth-order valence-corrected chi connectivity index (χ4v) is 3.02. The normalized spacial score (nSPS) is 18.4. The molecule has 4 heteroatoms. The molecule has 0 spiro atoms. The van der Waals surface area contributed by atoms with Gasteiger partial charge in [-0.25, -0.2) is 4.39 Å². The maximum atomic E-state index is 13.9. The van der Waals surface area contributed by atoms with E-state index >= 15 is 0 Å². The highest BCUT2D eigenvalue weighted by atomic mass is 19.1. The monoisotopic (exact) mass is 280 g/mol. The topological polar surface area (TPSA) is 47.3 Å². The maximum absolute atomic E-state index is 13.9. The predicted octanol–water partition coefficient (Wildman–Crippen LogP) is 3.54. The molecule has 1 atom stereocenters. The number of rotatable bonds is 5. The number of nitrogens with one attached hydrogen (secondary N) is 1. The predicted molar refractivity (Wildman–Crippen MR) is 80.6 cm³/mol. The Labute approximate surface area is 120 Å². The van der Waals surface area contributed by atoms with Crippen LogP contribution in [-0.4, -0.2) is 19.7 Å². The van der Waals surface area contributed by atoms with Crippen LogP contribution >= 0.6 is 0 Å². The van der Waals surface area contributed by atoms with Gasteiger partial charge in [-0.05, 0) is 30.9 Å². The van der Waals surface area contributed by atoms with E-state index < -0.39 is 0 Å². The third-order valence-corrected chi connectivity index (χ3v) is 4.24. The average Bonchev–Trinajstić information content (AvgIpc) is 2.75. The summed E-state index contributed by atoms with van der Waals surface area (Å²) in [7, 11) is 1.59. The van der Waals surface area contributed by atoms with E-state index in [9.17, 15) is 4.39 Å². The molecule has 1 unspecified atom stereocenters. The van der Waals surface area contributed by atoms with Crippen LogP contribution in [0.2, 0.25) is 0 Å². The van der Waals surface area contributed by atoms with E-state index in [0.29, 0.717) is 23.9 Å². The number of nitrogens with two attached hydrogens (primary N) is 1. The number of hydrogen-bond donors (Lipinski definition) is 2. The van der Waals surface area contributed by atoms with E-state index in [4.69, 9.17) is 10.5 Å². The van der Waals surface area contributed by atoms with Crippen LogP contribution < -0.4 is 15.8 Å². The molecule has 1 fully saturated rings. The molecule has 0 amide bonds. The van der Waals surface area contributed by atoms with E-state index in [1.807, 2.05) is 0 Å². The van der Waals surface area contributed by atoms with Gasteiger partial charge in [0.05, 0.1) is 12.8 Å². The molecule has 0 radical (unpaired) electrons. The highest BCUT2D eigenvalue weighted by molar-refractivity contribution is 5.50. The lowest BCUT2D eigenvalue weighted by Crippen LogP contribution is -2.36. The van der Waals surface area contributed by atoms with Gasteiger partial charge in [0.1, 0.15) is 11.6 Å². The molecule has 0 bridgehead atoms. The number of benzene rings is 1. The number of halogens is 1. The largest absolute Gasteiger partial charge is 0.497 e. The molecule has 2 rings (SSSR count). The molecule has 3 N–H and O–H groups in total. The molecule has 0 heterocycles. The van der Waals surface area contributed by atoms with Crippen LogP contribution in [0.4, 0.5) is 10.1 Å². The van der Waals surface area contributed by atoms with E-state index in [0.717, 1.165) is 0 Å². The molecule has 20 heavy (non-hydrogen) atoms. The fourth-order valence-electron chi connectivity index (χ4n) is 3.02. The molecule has 0 aliphatic heterocycles. The number of ether oxygens (including phenoxy) is 1. The second-order valence-corrected chi connectivity index (χ2v) is 5.58. The van der Waals surface area contributed by atoms with Gasteiger partial charge in [0.2, 0.25) is 0 Å². The minimum atomic E-state index is -0.252. The molecule has 112 valence electrons. The lowest BCUT2D eigenvalue weighted by Gasteiger charge is -2.27. The molecule has 1 aromatic rings. The van der Waals surface area contributed by atoms with Crippen molar-refractivity contribution in [1.82, 2.24) is 0 Å². The second-order valence-electron chi connectivity index (χ2n) is 5.58. The average molecular weight is 280 g/mol. The van der Waals surface area contributed by atoms with Crippen LogP contribution in [0, 0.1) is 11.7 Å². The Morgan fingerprint density at radius 3 is 2.60 bits per heavy atom. The van der Waals surface area contributed by atoms with Gasteiger partial charge in [0, 0.05) is 18.7 Å². The van der Waals surface area contributed by atoms with Gasteiger partial charge in [-0.2, -0.15) is 0 Å². The first-order valence-electron chi connectivity index (χ1n) is 7.54. The zero-order chi connectivity index (χ0) is 14.4. The SMILES string of the molecule is COc1ccc(F)c(NC(CN)C2CCCCCC2)c1. The van der Waals surface area contributed by atoms with Crippen LogP contribution in [0.3, 0.4) is 0 Å². The zero-order valence-corrected chi connectivity index (χ0v) is 12.2. The highest BCUT2D eigenvalue weighted by Gasteiger charge is 2.22. The third-order valence-electron chi connectivity index (χ3n) is 4.24. The molecular weight excluding hydrogens is 255 g/mol. The van der Waals surface area contributed by atoms with Crippen LogP contribution in [0.1, 0.15) is 38.5 Å². The van der Waals surface area contributed by atoms with Gasteiger partial charge in [0.25, 0.3) is 0 Å². The summed E-state index contributed by atoms with van der Waals surface area (Å²) in [4.78, 5) is 0. The molecule has 1 saturated carbocycles. The van der Waals surface area contributed by atoms with Crippen molar-refractivity contribution in [3.8, 4) is 5.75 Å². The minimum absolute atomic E-state index is 0.134. The number of anilines is 1. The Morgan fingerprint density at radius 2 is 2.00 bits per heavy atom. The van der Waals surface area contributed by atoms with Crippen molar-refractivity contribution in [1.29, 1.82) is 0 Å². The van der Waals surface area contributed by atoms with Crippen LogP contribution in [0.25, 0.3) is 0 Å². The van der Waals surface area contributed by atoms with E-state index in [1.165, 1.54) is 44.6 Å². The summed E-state index contributed by atoms with van der Waals surface area (Å²) in [6, 6.07) is 4.90. The molecule has 0 saturated heterocycles. The van der Waals surface area contributed by atoms with Crippen molar-refractivity contribution < 1.29 is 9.13 Å². The summed E-state index contributed by atoms with van der Waals surface area (Å²) in [6.45, 7) is 0.529. The fraction of sp³-hybridized carbons (Fsp3) is 0.625. The van der Waals surface area contributed by atoms with Crippen molar-refractivity contribution in [2.45, 2.75) is 44.6 Å². The Bertz CT molecular complexity index is 417. The first kappa shape index (κ1) is 15.1. The molecule has 0 aromatic heterocycles. The minimum Gasteiger partial charge on any atom is -0.497 e. The van der Waals surface area contributed by atoms with Crippen molar-refractivity contribution in [3.63, 3.8) is 0 Å². The lowest BCUT2D eigenvalue weighted by molar-refractivity contribution is 0.395. The molecular formula is C16H25FN2O. The first-order chi connectivity index (χ1) is 9.74. The van der Waals surface area contributed by atoms with Crippen LogP contribution in [-0.2, 0) is 0 Å². The molecule has 1 aliphatic rings. The Morgan fingerprint density at radius 1 is 1.30 bits per heavy atom.